The molecule has 0 bridgehead atoms. The lowest BCUT2D eigenvalue weighted by Crippen LogP contribution is -2.22. The minimum Gasteiger partial charge on any atom is -0.466 e. The third-order valence-corrected chi connectivity index (χ3v) is 3.10. The van der Waals surface area contributed by atoms with Crippen molar-refractivity contribution in [2.45, 2.75) is 26.3 Å². The number of amides is 1. The number of nitrogens with one attached hydrogen (secondary N) is 2. The van der Waals surface area contributed by atoms with Crippen molar-refractivity contribution in [2.75, 3.05) is 17.2 Å². The maximum atomic E-state index is 12.1. The number of para-hydroxylation sites is 1. The Morgan fingerprint density at radius 3 is 2.50 bits per heavy atom. The predicted molar refractivity (Wildman–Crippen MR) is 90.8 cm³/mol. The van der Waals surface area contributed by atoms with Crippen molar-refractivity contribution in [3.05, 3.63) is 48.2 Å². The summed E-state index contributed by atoms with van der Waals surface area (Å²) < 4.78 is 4.89. The second kappa shape index (κ2) is 8.61. The number of benzene rings is 1. The minimum absolute atomic E-state index is 0.151. The van der Waals surface area contributed by atoms with Gasteiger partial charge in [-0.15, -0.1) is 10.2 Å². The third-order valence-electron chi connectivity index (χ3n) is 3.10. The predicted octanol–water partition coefficient (Wildman–Crippen LogP) is 2.48. The quantitative estimate of drug-likeness (QED) is 0.759. The molecule has 1 aromatic carbocycles. The molecule has 1 atom stereocenters. The highest BCUT2D eigenvalue weighted by Crippen LogP contribution is 2.09. The van der Waals surface area contributed by atoms with Crippen LogP contribution in [0.3, 0.4) is 0 Å². The molecule has 1 heterocycles. The highest BCUT2D eigenvalue weighted by molar-refractivity contribution is 6.02. The van der Waals surface area contributed by atoms with Crippen LogP contribution in [0.4, 0.5) is 11.5 Å². The number of anilines is 2. The van der Waals surface area contributed by atoms with Crippen LogP contribution in [0.15, 0.2) is 42.5 Å². The van der Waals surface area contributed by atoms with Crippen LogP contribution in [0.25, 0.3) is 0 Å². The molecule has 7 heteroatoms. The van der Waals surface area contributed by atoms with Crippen LogP contribution in [0.5, 0.6) is 0 Å². The van der Waals surface area contributed by atoms with Crippen molar-refractivity contribution in [3.8, 4) is 0 Å². The first-order valence-corrected chi connectivity index (χ1v) is 7.70. The summed E-state index contributed by atoms with van der Waals surface area (Å²) >= 11 is 0. The van der Waals surface area contributed by atoms with Crippen LogP contribution in [0.2, 0.25) is 0 Å². The van der Waals surface area contributed by atoms with Gasteiger partial charge < -0.3 is 15.4 Å². The Kier molecular flexibility index (Phi) is 6.24. The Labute approximate surface area is 140 Å². The number of aromatic nitrogens is 2. The average molecular weight is 328 g/mol. The van der Waals surface area contributed by atoms with Gasteiger partial charge in [0.15, 0.2) is 5.69 Å². The number of nitrogens with zero attached hydrogens (tertiary/aromatic N) is 2. The molecule has 0 spiro atoms. The van der Waals surface area contributed by atoms with Crippen LogP contribution in [-0.4, -0.2) is 34.7 Å². The largest absolute Gasteiger partial charge is 0.466 e. The lowest BCUT2D eigenvalue weighted by Gasteiger charge is -2.13. The molecule has 0 saturated carbocycles. The molecule has 2 aromatic rings. The van der Waals surface area contributed by atoms with E-state index in [2.05, 4.69) is 20.8 Å². The maximum absolute atomic E-state index is 12.1. The summed E-state index contributed by atoms with van der Waals surface area (Å²) in [6.07, 6.45) is 0.228. The van der Waals surface area contributed by atoms with Gasteiger partial charge in [-0.05, 0) is 38.1 Å². The zero-order valence-electron chi connectivity index (χ0n) is 13.7. The van der Waals surface area contributed by atoms with E-state index in [0.29, 0.717) is 18.1 Å². The first-order chi connectivity index (χ1) is 11.6. The zero-order chi connectivity index (χ0) is 17.4. The van der Waals surface area contributed by atoms with Gasteiger partial charge >= 0.3 is 5.97 Å². The molecule has 0 saturated heterocycles. The van der Waals surface area contributed by atoms with Gasteiger partial charge in [0.1, 0.15) is 5.82 Å². The Morgan fingerprint density at radius 1 is 1.12 bits per heavy atom. The molecule has 7 nitrogen and oxygen atoms in total. The topological polar surface area (TPSA) is 93.2 Å². The van der Waals surface area contributed by atoms with Gasteiger partial charge in [0.2, 0.25) is 0 Å². The fourth-order valence-corrected chi connectivity index (χ4v) is 2.02. The minimum atomic E-state index is -0.333. The van der Waals surface area contributed by atoms with Gasteiger partial charge in [0.05, 0.1) is 13.0 Å². The number of hydrogen-bond donors (Lipinski definition) is 2. The number of ether oxygens (including phenoxy) is 1. The number of carbonyl (C=O) groups is 2. The Bertz CT molecular complexity index is 674. The first kappa shape index (κ1) is 17.4. The van der Waals surface area contributed by atoms with Crippen molar-refractivity contribution in [2.24, 2.45) is 0 Å². The standard InChI is InChI=1S/C17H20N4O3/c1-3-24-16(22)11-12(2)18-15-10-9-14(20-21-15)17(23)19-13-7-5-4-6-8-13/h4-10,12H,3,11H2,1-2H3,(H,18,21)(H,19,23). The van der Waals surface area contributed by atoms with Crippen LogP contribution in [0.1, 0.15) is 30.8 Å². The average Bonchev–Trinajstić information content (AvgIpc) is 2.56. The second-order valence-corrected chi connectivity index (χ2v) is 5.18. The molecule has 2 rings (SSSR count). The molecular formula is C17H20N4O3. The lowest BCUT2D eigenvalue weighted by molar-refractivity contribution is -0.143. The van der Waals surface area contributed by atoms with Crippen molar-refractivity contribution in [1.82, 2.24) is 10.2 Å². The van der Waals surface area contributed by atoms with E-state index in [-0.39, 0.29) is 30.0 Å². The fraction of sp³-hybridized carbons (Fsp3) is 0.294. The van der Waals surface area contributed by atoms with E-state index in [9.17, 15) is 9.59 Å². The molecule has 1 amide bonds. The monoisotopic (exact) mass is 328 g/mol. The number of hydrogen-bond acceptors (Lipinski definition) is 6. The summed E-state index contributed by atoms with van der Waals surface area (Å²) in [5.41, 5.74) is 0.900. The summed E-state index contributed by atoms with van der Waals surface area (Å²) in [7, 11) is 0. The van der Waals surface area contributed by atoms with Gasteiger partial charge in [-0.1, -0.05) is 18.2 Å². The van der Waals surface area contributed by atoms with E-state index in [0.717, 1.165) is 0 Å². The summed E-state index contributed by atoms with van der Waals surface area (Å²) in [6, 6.07) is 12.2. The molecule has 24 heavy (non-hydrogen) atoms. The molecule has 1 unspecified atom stereocenters. The molecular weight excluding hydrogens is 308 g/mol. The summed E-state index contributed by atoms with van der Waals surface area (Å²) in [5.74, 6) is -0.118. The van der Waals surface area contributed by atoms with E-state index in [1.807, 2.05) is 25.1 Å². The molecule has 1 aromatic heterocycles. The van der Waals surface area contributed by atoms with Gasteiger partial charge in [0, 0.05) is 11.7 Å². The SMILES string of the molecule is CCOC(=O)CC(C)Nc1ccc(C(=O)Nc2ccccc2)nn1. The Morgan fingerprint density at radius 2 is 1.88 bits per heavy atom. The fourth-order valence-electron chi connectivity index (χ4n) is 2.02. The lowest BCUT2D eigenvalue weighted by atomic mass is 10.2. The van der Waals surface area contributed by atoms with Crippen molar-refractivity contribution >= 4 is 23.4 Å². The number of esters is 1. The normalized spacial score (nSPS) is 11.4. The van der Waals surface area contributed by atoms with Gasteiger partial charge in [-0.3, -0.25) is 9.59 Å². The Hall–Kier alpha value is -2.96. The molecule has 0 radical (unpaired) electrons. The third kappa shape index (κ3) is 5.35. The zero-order valence-corrected chi connectivity index (χ0v) is 13.7. The van der Waals surface area contributed by atoms with E-state index in [4.69, 9.17) is 4.74 Å². The molecule has 2 N–H and O–H groups in total. The van der Waals surface area contributed by atoms with Gasteiger partial charge in [0.25, 0.3) is 5.91 Å². The van der Waals surface area contributed by atoms with E-state index < -0.39 is 0 Å². The van der Waals surface area contributed by atoms with Crippen LogP contribution < -0.4 is 10.6 Å². The van der Waals surface area contributed by atoms with Crippen molar-refractivity contribution in [3.63, 3.8) is 0 Å². The second-order valence-electron chi connectivity index (χ2n) is 5.18. The highest BCUT2D eigenvalue weighted by atomic mass is 16.5. The van der Waals surface area contributed by atoms with E-state index >= 15 is 0 Å². The summed E-state index contributed by atoms with van der Waals surface area (Å²) in [4.78, 5) is 23.5. The molecule has 0 aliphatic rings. The first-order valence-electron chi connectivity index (χ1n) is 7.70. The maximum Gasteiger partial charge on any atom is 0.307 e. The van der Waals surface area contributed by atoms with Crippen LogP contribution in [-0.2, 0) is 9.53 Å². The molecule has 126 valence electrons. The molecule has 0 fully saturated rings. The van der Waals surface area contributed by atoms with Crippen molar-refractivity contribution < 1.29 is 14.3 Å². The van der Waals surface area contributed by atoms with Crippen LogP contribution >= 0.6 is 0 Å². The van der Waals surface area contributed by atoms with Crippen molar-refractivity contribution in [1.29, 1.82) is 0 Å². The number of rotatable bonds is 7. The smallest absolute Gasteiger partial charge is 0.307 e. The van der Waals surface area contributed by atoms with Crippen LogP contribution in [0, 0.1) is 0 Å². The molecule has 0 aliphatic heterocycles. The van der Waals surface area contributed by atoms with Gasteiger partial charge in [-0.25, -0.2) is 0 Å². The van der Waals surface area contributed by atoms with E-state index in [1.54, 1.807) is 31.2 Å². The number of carbonyl (C=O) groups excluding carboxylic acids is 2. The summed E-state index contributed by atoms with van der Waals surface area (Å²) in [5, 5.41) is 13.6. The summed E-state index contributed by atoms with van der Waals surface area (Å²) in [6.45, 7) is 3.96. The van der Waals surface area contributed by atoms with E-state index in [1.165, 1.54) is 0 Å². The highest BCUT2D eigenvalue weighted by Gasteiger charge is 2.12. The van der Waals surface area contributed by atoms with Gasteiger partial charge in [-0.2, -0.15) is 0 Å². The molecule has 0 aliphatic carbocycles. The Balaban J connectivity index is 1.90.